The predicted octanol–water partition coefficient (Wildman–Crippen LogP) is 6.07. The molecule has 2 bridgehead atoms. The molecular weight excluding hydrogens is 528 g/mol. The molecule has 1 saturated carbocycles. The van der Waals surface area contributed by atoms with E-state index < -0.39 is 5.97 Å². The summed E-state index contributed by atoms with van der Waals surface area (Å²) in [4.78, 5) is 40.2. The lowest BCUT2D eigenvalue weighted by Gasteiger charge is -2.35. The standard InChI is InChI=1S/C27H25ClN4O3S2/c1-31(2)27-30-22(23(37-27)15-5-3-6-16(28)11-15)25(33)32-17-10-9-14(12-17)20(32)13-21-29-19-8-4-7-18(26(34)35)24(19)36-21/h3-8,11,14,17,20H,9-10,12-13H2,1-2H3,(H,34,35). The summed E-state index contributed by atoms with van der Waals surface area (Å²) in [5, 5.41) is 11.8. The molecule has 2 aromatic carbocycles. The van der Waals surface area contributed by atoms with E-state index in [9.17, 15) is 14.7 Å². The number of thiazole rings is 2. The van der Waals surface area contributed by atoms with E-state index in [0.717, 1.165) is 39.8 Å². The number of carboxylic acid groups (broad SMARTS) is 1. The van der Waals surface area contributed by atoms with Gasteiger partial charge >= 0.3 is 5.97 Å². The first-order valence-electron chi connectivity index (χ1n) is 12.2. The van der Waals surface area contributed by atoms with E-state index in [0.29, 0.717) is 33.3 Å². The highest BCUT2D eigenvalue weighted by Crippen LogP contribution is 2.46. The van der Waals surface area contributed by atoms with Crippen molar-refractivity contribution in [3.05, 3.63) is 63.8 Å². The molecular formula is C27H25ClN4O3S2. The van der Waals surface area contributed by atoms with Crippen molar-refractivity contribution < 1.29 is 14.7 Å². The van der Waals surface area contributed by atoms with Gasteiger partial charge in [0.15, 0.2) is 5.13 Å². The number of rotatable bonds is 6. The first kappa shape index (κ1) is 24.3. The fourth-order valence-electron chi connectivity index (χ4n) is 5.70. The van der Waals surface area contributed by atoms with Crippen LogP contribution in [0.3, 0.4) is 0 Å². The summed E-state index contributed by atoms with van der Waals surface area (Å²) in [6.07, 6.45) is 3.68. The van der Waals surface area contributed by atoms with Crippen LogP contribution in [-0.4, -0.2) is 58.0 Å². The topological polar surface area (TPSA) is 86.6 Å². The highest BCUT2D eigenvalue weighted by molar-refractivity contribution is 7.19. The molecule has 0 radical (unpaired) electrons. The number of piperidine rings is 1. The zero-order chi connectivity index (χ0) is 25.8. The van der Waals surface area contributed by atoms with Gasteiger partial charge in [-0.1, -0.05) is 41.1 Å². The second kappa shape index (κ2) is 9.38. The van der Waals surface area contributed by atoms with E-state index in [4.69, 9.17) is 21.6 Å². The maximum atomic E-state index is 14.2. The number of hydrogen-bond donors (Lipinski definition) is 1. The van der Waals surface area contributed by atoms with Gasteiger partial charge in [0.1, 0.15) is 5.69 Å². The van der Waals surface area contributed by atoms with Crippen LogP contribution in [0, 0.1) is 5.92 Å². The molecule has 7 nitrogen and oxygen atoms in total. The predicted molar refractivity (Wildman–Crippen MR) is 148 cm³/mol. The zero-order valence-corrected chi connectivity index (χ0v) is 22.7. The number of amides is 1. The minimum atomic E-state index is -0.952. The summed E-state index contributed by atoms with van der Waals surface area (Å²) in [5.41, 5.74) is 2.31. The molecule has 2 aliphatic rings. The Morgan fingerprint density at radius 2 is 1.95 bits per heavy atom. The van der Waals surface area contributed by atoms with Crippen molar-refractivity contribution in [1.29, 1.82) is 0 Å². The van der Waals surface area contributed by atoms with Gasteiger partial charge in [-0.25, -0.2) is 14.8 Å². The van der Waals surface area contributed by atoms with Crippen molar-refractivity contribution in [1.82, 2.24) is 14.9 Å². The van der Waals surface area contributed by atoms with E-state index in [2.05, 4.69) is 0 Å². The Morgan fingerprint density at radius 3 is 2.70 bits per heavy atom. The Kier molecular flexibility index (Phi) is 6.17. The Bertz CT molecular complexity index is 1530. The number of likely N-dealkylation sites (tertiary alicyclic amines) is 1. The van der Waals surface area contributed by atoms with E-state index in [1.54, 1.807) is 12.1 Å². The maximum Gasteiger partial charge on any atom is 0.337 e. The summed E-state index contributed by atoms with van der Waals surface area (Å²) in [5.74, 6) is -0.600. The summed E-state index contributed by atoms with van der Waals surface area (Å²) < 4.78 is 0.685. The summed E-state index contributed by atoms with van der Waals surface area (Å²) in [6, 6.07) is 12.9. The largest absolute Gasteiger partial charge is 0.478 e. The second-order valence-electron chi connectivity index (χ2n) is 9.86. The highest BCUT2D eigenvalue weighted by atomic mass is 35.5. The number of anilines is 1. The van der Waals surface area contributed by atoms with Crippen LogP contribution in [0.2, 0.25) is 5.02 Å². The van der Waals surface area contributed by atoms with Crippen LogP contribution in [0.5, 0.6) is 0 Å². The number of carboxylic acids is 1. The number of carbonyl (C=O) groups is 2. The average Bonchev–Trinajstić information content (AvgIpc) is 3.65. The first-order chi connectivity index (χ1) is 17.8. The molecule has 1 N–H and O–H groups in total. The molecule has 1 amide bonds. The van der Waals surface area contributed by atoms with Crippen LogP contribution >= 0.6 is 34.3 Å². The number of fused-ring (bicyclic) bond motifs is 3. The molecule has 3 unspecified atom stereocenters. The fourth-order valence-corrected chi connectivity index (χ4v) is 7.98. The van der Waals surface area contributed by atoms with Gasteiger partial charge < -0.3 is 14.9 Å². The Hall–Kier alpha value is -3.01. The Balaban J connectivity index is 1.36. The minimum Gasteiger partial charge on any atom is -0.478 e. The Morgan fingerprint density at radius 1 is 1.14 bits per heavy atom. The third-order valence-corrected chi connectivity index (χ3v) is 9.97. The summed E-state index contributed by atoms with van der Waals surface area (Å²) in [7, 11) is 3.85. The van der Waals surface area contributed by atoms with Crippen molar-refractivity contribution in [3.8, 4) is 10.4 Å². The number of aromatic nitrogens is 2. The monoisotopic (exact) mass is 552 g/mol. The third-order valence-electron chi connectivity index (χ3n) is 7.34. The van der Waals surface area contributed by atoms with Crippen molar-refractivity contribution >= 4 is 61.5 Å². The Labute approximate surface area is 227 Å². The number of hydrogen-bond acceptors (Lipinski definition) is 7. The molecule has 37 heavy (non-hydrogen) atoms. The van der Waals surface area contributed by atoms with E-state index >= 15 is 0 Å². The van der Waals surface area contributed by atoms with Crippen molar-refractivity contribution in [2.24, 2.45) is 5.92 Å². The van der Waals surface area contributed by atoms with E-state index in [1.165, 1.54) is 22.7 Å². The molecule has 3 heterocycles. The first-order valence-corrected chi connectivity index (χ1v) is 14.2. The lowest BCUT2D eigenvalue weighted by Crippen LogP contribution is -2.46. The fraction of sp³-hybridized carbons (Fsp3) is 0.333. The SMILES string of the molecule is CN(C)c1nc(C(=O)N2C3CCC(C3)C2Cc2nc3cccc(C(=O)O)c3s2)c(-c2cccc(Cl)c2)s1. The molecule has 2 aromatic heterocycles. The van der Waals surface area contributed by atoms with Crippen LogP contribution in [-0.2, 0) is 6.42 Å². The van der Waals surface area contributed by atoms with Crippen LogP contribution in [0.1, 0.15) is 45.1 Å². The molecule has 10 heteroatoms. The van der Waals surface area contributed by atoms with Gasteiger partial charge in [0.2, 0.25) is 0 Å². The van der Waals surface area contributed by atoms with Gasteiger partial charge in [0.05, 0.1) is 25.7 Å². The van der Waals surface area contributed by atoms with Gasteiger partial charge in [0.25, 0.3) is 5.91 Å². The van der Waals surface area contributed by atoms with Crippen molar-refractivity contribution in [2.75, 3.05) is 19.0 Å². The third kappa shape index (κ3) is 4.28. The number of nitrogens with zero attached hydrogens (tertiary/aromatic N) is 4. The van der Waals surface area contributed by atoms with E-state index in [-0.39, 0.29) is 23.6 Å². The second-order valence-corrected chi connectivity index (χ2v) is 12.4. The van der Waals surface area contributed by atoms with Crippen LogP contribution in [0.15, 0.2) is 42.5 Å². The maximum absolute atomic E-state index is 14.2. The smallest absolute Gasteiger partial charge is 0.337 e. The molecule has 1 aliphatic heterocycles. The normalized spacial score (nSPS) is 20.6. The lowest BCUT2D eigenvalue weighted by atomic mass is 9.95. The molecule has 1 aliphatic carbocycles. The number of benzene rings is 2. The summed E-state index contributed by atoms with van der Waals surface area (Å²) in [6.45, 7) is 0. The number of halogens is 1. The molecule has 4 aromatic rings. The minimum absolute atomic E-state index is 0.0109. The van der Waals surface area contributed by atoms with Crippen LogP contribution in [0.4, 0.5) is 5.13 Å². The number of carbonyl (C=O) groups excluding carboxylic acids is 1. The molecule has 2 fully saturated rings. The van der Waals surface area contributed by atoms with Gasteiger partial charge in [-0.15, -0.1) is 11.3 Å². The van der Waals surface area contributed by atoms with Gasteiger partial charge in [-0.3, -0.25) is 4.79 Å². The zero-order valence-electron chi connectivity index (χ0n) is 20.3. The molecule has 0 spiro atoms. The quantitative estimate of drug-likeness (QED) is 0.312. The van der Waals surface area contributed by atoms with Crippen LogP contribution in [0.25, 0.3) is 20.7 Å². The molecule has 3 atom stereocenters. The summed E-state index contributed by atoms with van der Waals surface area (Å²) >= 11 is 9.20. The molecule has 1 saturated heterocycles. The highest BCUT2D eigenvalue weighted by Gasteiger charge is 2.49. The van der Waals surface area contributed by atoms with Crippen molar-refractivity contribution in [2.45, 2.75) is 37.8 Å². The van der Waals surface area contributed by atoms with Crippen molar-refractivity contribution in [3.63, 3.8) is 0 Å². The molecule has 6 rings (SSSR count). The van der Waals surface area contributed by atoms with E-state index in [1.807, 2.05) is 54.2 Å². The van der Waals surface area contributed by atoms with Gasteiger partial charge in [-0.2, -0.15) is 0 Å². The van der Waals surface area contributed by atoms with Crippen LogP contribution < -0.4 is 4.90 Å². The molecule has 190 valence electrons. The average molecular weight is 553 g/mol. The lowest BCUT2D eigenvalue weighted by molar-refractivity contribution is 0.0587. The van der Waals surface area contributed by atoms with Gasteiger partial charge in [0, 0.05) is 37.6 Å². The number of aromatic carboxylic acids is 1. The van der Waals surface area contributed by atoms with Gasteiger partial charge in [-0.05, 0) is 55.0 Å².